The number of halogens is 3. The van der Waals surface area contributed by atoms with Gasteiger partial charge in [-0.2, -0.15) is 18.3 Å². The molecule has 0 aliphatic heterocycles. The predicted molar refractivity (Wildman–Crippen MR) is 95.1 cm³/mol. The van der Waals surface area contributed by atoms with E-state index in [0.29, 0.717) is 0 Å². The third-order valence-electron chi connectivity index (χ3n) is 4.14. The summed E-state index contributed by atoms with van der Waals surface area (Å²) in [6.07, 6.45) is -4.39. The molecule has 0 fully saturated rings. The van der Waals surface area contributed by atoms with Gasteiger partial charge in [0.05, 0.1) is 5.69 Å². The highest BCUT2D eigenvalue weighted by molar-refractivity contribution is 5.96. The zero-order chi connectivity index (χ0) is 19.8. The molecule has 0 atom stereocenters. The molecular formula is C19H17F3N4O. The molecule has 0 unspecified atom stereocenters. The lowest BCUT2D eigenvalue weighted by molar-refractivity contribution is -0.141. The van der Waals surface area contributed by atoms with Crippen molar-refractivity contribution in [1.29, 1.82) is 0 Å². The van der Waals surface area contributed by atoms with Crippen molar-refractivity contribution in [3.8, 4) is 11.3 Å². The van der Waals surface area contributed by atoms with Crippen LogP contribution in [0.5, 0.6) is 0 Å². The molecule has 27 heavy (non-hydrogen) atoms. The first-order chi connectivity index (χ1) is 12.6. The van der Waals surface area contributed by atoms with Crippen LogP contribution in [0.3, 0.4) is 0 Å². The largest absolute Gasteiger partial charge is 0.435 e. The second-order valence-corrected chi connectivity index (χ2v) is 6.25. The third-order valence-corrected chi connectivity index (χ3v) is 4.14. The average Bonchev–Trinajstić information content (AvgIpc) is 2.99. The molecule has 0 aliphatic carbocycles. The number of Topliss-reactive ketones (excluding diaryl/α,β-unsaturated/α-hetero) is 1. The van der Waals surface area contributed by atoms with Gasteiger partial charge in [-0.15, -0.1) is 0 Å². The van der Waals surface area contributed by atoms with Crippen LogP contribution in [0.4, 0.5) is 19.0 Å². The topological polar surface area (TPSA) is 73.8 Å². The highest BCUT2D eigenvalue weighted by Gasteiger charge is 2.35. The molecule has 3 aromatic rings. The molecule has 0 saturated carbocycles. The van der Waals surface area contributed by atoms with E-state index in [2.05, 4.69) is 10.1 Å². The van der Waals surface area contributed by atoms with E-state index in [9.17, 15) is 18.0 Å². The Morgan fingerprint density at radius 3 is 2.37 bits per heavy atom. The standard InChI is InChI=1S/C19H17F3N4O/c1-11-3-5-12(6-4-11)9-16(27)14-8-7-13(18(23)24-14)15-10-17(19(20,21)22)25-26(15)2/h3-8,10H,9H2,1-2H3,(H2,23,24). The minimum atomic E-state index is -4.55. The fourth-order valence-electron chi connectivity index (χ4n) is 2.69. The van der Waals surface area contributed by atoms with Gasteiger partial charge >= 0.3 is 6.18 Å². The lowest BCUT2D eigenvalue weighted by atomic mass is 10.0. The maximum atomic E-state index is 12.8. The van der Waals surface area contributed by atoms with Gasteiger partial charge in [-0.3, -0.25) is 9.48 Å². The van der Waals surface area contributed by atoms with Gasteiger partial charge in [0.2, 0.25) is 0 Å². The number of carbonyl (C=O) groups excluding carboxylic acids is 1. The highest BCUT2D eigenvalue weighted by Crippen LogP contribution is 2.32. The van der Waals surface area contributed by atoms with Crippen molar-refractivity contribution in [3.63, 3.8) is 0 Å². The molecule has 2 aromatic heterocycles. The first-order valence-corrected chi connectivity index (χ1v) is 8.12. The van der Waals surface area contributed by atoms with Gasteiger partial charge < -0.3 is 5.73 Å². The summed E-state index contributed by atoms with van der Waals surface area (Å²) >= 11 is 0. The molecule has 0 amide bonds. The Hall–Kier alpha value is -3.16. The van der Waals surface area contributed by atoms with E-state index in [1.807, 2.05) is 31.2 Å². The Labute approximate surface area is 153 Å². The van der Waals surface area contributed by atoms with Gasteiger partial charge in [0.1, 0.15) is 11.5 Å². The molecule has 8 heteroatoms. The third kappa shape index (κ3) is 3.99. The monoisotopic (exact) mass is 374 g/mol. The smallest absolute Gasteiger partial charge is 0.383 e. The summed E-state index contributed by atoms with van der Waals surface area (Å²) in [5.74, 6) is -0.250. The molecule has 0 spiro atoms. The van der Waals surface area contributed by atoms with Crippen LogP contribution >= 0.6 is 0 Å². The molecule has 1 aromatic carbocycles. The first kappa shape index (κ1) is 18.6. The van der Waals surface area contributed by atoms with Gasteiger partial charge in [0.15, 0.2) is 11.5 Å². The number of rotatable bonds is 4. The fraction of sp³-hybridized carbons (Fsp3) is 0.211. The zero-order valence-electron chi connectivity index (χ0n) is 14.7. The molecule has 2 N–H and O–H groups in total. The van der Waals surface area contributed by atoms with E-state index in [1.165, 1.54) is 19.2 Å². The van der Waals surface area contributed by atoms with Crippen molar-refractivity contribution in [2.24, 2.45) is 7.05 Å². The van der Waals surface area contributed by atoms with Crippen LogP contribution in [0.15, 0.2) is 42.5 Å². The SMILES string of the molecule is Cc1ccc(CC(=O)c2ccc(-c3cc(C(F)(F)F)nn3C)c(N)n2)cc1. The van der Waals surface area contributed by atoms with E-state index in [0.717, 1.165) is 21.9 Å². The number of nitrogen functional groups attached to an aromatic ring is 1. The number of pyridine rings is 1. The molecule has 0 saturated heterocycles. The fourth-order valence-corrected chi connectivity index (χ4v) is 2.69. The maximum absolute atomic E-state index is 12.8. The van der Waals surface area contributed by atoms with E-state index < -0.39 is 11.9 Å². The van der Waals surface area contributed by atoms with Crippen molar-refractivity contribution in [1.82, 2.24) is 14.8 Å². The van der Waals surface area contributed by atoms with Gasteiger partial charge in [0, 0.05) is 19.0 Å². The Bertz CT molecular complexity index is 991. The summed E-state index contributed by atoms with van der Waals surface area (Å²) in [6, 6.07) is 11.4. The lowest BCUT2D eigenvalue weighted by Gasteiger charge is -2.07. The van der Waals surface area contributed by atoms with Crippen molar-refractivity contribution in [2.45, 2.75) is 19.5 Å². The Balaban J connectivity index is 1.86. The number of hydrogen-bond donors (Lipinski definition) is 1. The van der Waals surface area contributed by atoms with Gasteiger partial charge in [0.25, 0.3) is 0 Å². The van der Waals surface area contributed by atoms with E-state index in [4.69, 9.17) is 5.73 Å². The van der Waals surface area contributed by atoms with Crippen LogP contribution in [0.2, 0.25) is 0 Å². The van der Waals surface area contributed by atoms with E-state index >= 15 is 0 Å². The summed E-state index contributed by atoms with van der Waals surface area (Å²) < 4.78 is 39.6. The molecule has 5 nitrogen and oxygen atoms in total. The van der Waals surface area contributed by atoms with E-state index in [1.54, 1.807) is 0 Å². The van der Waals surface area contributed by atoms with Crippen LogP contribution in [0.25, 0.3) is 11.3 Å². The minimum Gasteiger partial charge on any atom is -0.383 e. The van der Waals surface area contributed by atoms with Gasteiger partial charge in [-0.05, 0) is 30.7 Å². The maximum Gasteiger partial charge on any atom is 0.435 e. The van der Waals surface area contributed by atoms with Crippen molar-refractivity contribution in [2.75, 3.05) is 5.73 Å². The number of benzene rings is 1. The summed E-state index contributed by atoms with van der Waals surface area (Å²) in [6.45, 7) is 1.95. The second-order valence-electron chi connectivity index (χ2n) is 6.25. The number of carbonyl (C=O) groups is 1. The number of anilines is 1. The first-order valence-electron chi connectivity index (χ1n) is 8.12. The molecular weight excluding hydrogens is 357 g/mol. The number of nitrogens with zero attached hydrogens (tertiary/aromatic N) is 3. The Morgan fingerprint density at radius 1 is 1.15 bits per heavy atom. The van der Waals surface area contributed by atoms with Crippen LogP contribution in [0.1, 0.15) is 27.3 Å². The van der Waals surface area contributed by atoms with Crippen LogP contribution in [-0.4, -0.2) is 20.5 Å². The minimum absolute atomic E-state index is 0.0264. The van der Waals surface area contributed by atoms with Crippen molar-refractivity contribution in [3.05, 3.63) is 65.0 Å². The second kappa shape index (κ2) is 6.86. The number of hydrogen-bond acceptors (Lipinski definition) is 4. The van der Waals surface area contributed by atoms with Gasteiger partial charge in [-0.25, -0.2) is 4.98 Å². The number of aromatic nitrogens is 3. The number of nitrogens with two attached hydrogens (primary N) is 1. The molecule has 0 aliphatic rings. The normalized spacial score (nSPS) is 11.6. The summed E-state index contributed by atoms with van der Waals surface area (Å²) in [4.78, 5) is 16.5. The molecule has 0 radical (unpaired) electrons. The lowest BCUT2D eigenvalue weighted by Crippen LogP contribution is -2.09. The predicted octanol–water partition coefficient (Wildman–Crippen LogP) is 3.82. The molecule has 140 valence electrons. The summed E-state index contributed by atoms with van der Waals surface area (Å²) in [5.41, 5.74) is 7.44. The number of alkyl halides is 3. The van der Waals surface area contributed by atoms with Crippen molar-refractivity contribution < 1.29 is 18.0 Å². The van der Waals surface area contributed by atoms with Crippen molar-refractivity contribution >= 4 is 11.6 Å². The average molecular weight is 374 g/mol. The van der Waals surface area contributed by atoms with Gasteiger partial charge in [-0.1, -0.05) is 29.8 Å². The highest BCUT2D eigenvalue weighted by atomic mass is 19.4. The number of ketones is 1. The molecule has 0 bridgehead atoms. The summed E-state index contributed by atoms with van der Waals surface area (Å²) in [5, 5.41) is 3.46. The Kier molecular flexibility index (Phi) is 4.73. The Morgan fingerprint density at radius 2 is 1.81 bits per heavy atom. The molecule has 3 rings (SSSR count). The van der Waals surface area contributed by atoms with Crippen LogP contribution in [-0.2, 0) is 19.6 Å². The van der Waals surface area contributed by atoms with E-state index in [-0.39, 0.29) is 35.0 Å². The number of aryl methyl sites for hydroxylation is 2. The molecule has 2 heterocycles. The summed E-state index contributed by atoms with van der Waals surface area (Å²) in [7, 11) is 1.39. The quantitative estimate of drug-likeness (QED) is 0.705. The van der Waals surface area contributed by atoms with Crippen LogP contribution < -0.4 is 5.73 Å². The van der Waals surface area contributed by atoms with Crippen LogP contribution in [0, 0.1) is 6.92 Å². The zero-order valence-corrected chi connectivity index (χ0v) is 14.7.